The molecule has 146 valence electrons. The van der Waals surface area contributed by atoms with Crippen molar-refractivity contribution in [2.24, 2.45) is 5.92 Å². The van der Waals surface area contributed by atoms with Gasteiger partial charge in [-0.15, -0.1) is 0 Å². The Kier molecular flexibility index (Phi) is 5.51. The lowest BCUT2D eigenvalue weighted by Crippen LogP contribution is -2.46. The molecule has 4 nitrogen and oxygen atoms in total. The molecule has 2 fully saturated rings. The second kappa shape index (κ2) is 8.06. The van der Waals surface area contributed by atoms with E-state index < -0.39 is 0 Å². The molecule has 0 aliphatic carbocycles. The maximum absolute atomic E-state index is 13.0. The number of amides is 2. The fourth-order valence-electron chi connectivity index (χ4n) is 4.31. The van der Waals surface area contributed by atoms with Crippen LogP contribution in [0.25, 0.3) is 0 Å². The zero-order valence-electron chi connectivity index (χ0n) is 16.1. The maximum Gasteiger partial charge on any atom is 0.251 e. The molecule has 4 rings (SSSR count). The molecule has 0 N–H and O–H groups in total. The number of benzene rings is 2. The summed E-state index contributed by atoms with van der Waals surface area (Å²) in [7, 11) is 0. The van der Waals surface area contributed by atoms with Crippen LogP contribution in [0.1, 0.15) is 30.4 Å². The van der Waals surface area contributed by atoms with Gasteiger partial charge in [0.1, 0.15) is 0 Å². The van der Waals surface area contributed by atoms with E-state index in [1.54, 1.807) is 12.1 Å². The Hall–Kier alpha value is -2.17. The van der Waals surface area contributed by atoms with E-state index in [4.69, 9.17) is 11.6 Å². The molecule has 2 aliphatic heterocycles. The number of anilines is 1. The third-order valence-corrected chi connectivity index (χ3v) is 6.40. The lowest BCUT2D eigenvalue weighted by atomic mass is 9.89. The zero-order chi connectivity index (χ0) is 19.7. The van der Waals surface area contributed by atoms with Crippen LogP contribution >= 0.6 is 11.6 Å². The number of carbonyl (C=O) groups is 2. The average Bonchev–Trinajstić information content (AvgIpc) is 3.00. The molecule has 2 aliphatic rings. The normalized spacial score (nSPS) is 21.5. The summed E-state index contributed by atoms with van der Waals surface area (Å²) in [6, 6.07) is 15.6. The number of nitrogens with zero attached hydrogens (tertiary/aromatic N) is 2. The fraction of sp³-hybridized carbons (Fsp3) is 0.391. The Morgan fingerprint density at radius 1 is 1.04 bits per heavy atom. The van der Waals surface area contributed by atoms with Crippen LogP contribution in [0.4, 0.5) is 5.69 Å². The van der Waals surface area contributed by atoms with Crippen molar-refractivity contribution < 1.29 is 9.59 Å². The van der Waals surface area contributed by atoms with E-state index in [9.17, 15) is 9.59 Å². The van der Waals surface area contributed by atoms with Gasteiger partial charge in [-0.25, -0.2) is 4.90 Å². The molecule has 2 aromatic carbocycles. The molecule has 28 heavy (non-hydrogen) atoms. The maximum atomic E-state index is 13.0. The highest BCUT2D eigenvalue weighted by Gasteiger charge is 2.43. The van der Waals surface area contributed by atoms with Crippen LogP contribution in [0.2, 0.25) is 5.02 Å². The molecule has 1 atom stereocenters. The Balaban J connectivity index is 1.40. The molecule has 0 radical (unpaired) electrons. The van der Waals surface area contributed by atoms with Crippen LogP contribution in [-0.2, 0) is 16.0 Å². The molecular formula is C23H25ClN2O2. The van der Waals surface area contributed by atoms with Crippen LogP contribution in [0.3, 0.4) is 0 Å². The number of imide groups is 1. The summed E-state index contributed by atoms with van der Waals surface area (Å²) in [5.41, 5.74) is 2.88. The number of rotatable bonds is 4. The fourth-order valence-corrected chi connectivity index (χ4v) is 4.48. The molecule has 0 saturated carbocycles. The third kappa shape index (κ3) is 3.85. The number of hydrogen-bond acceptors (Lipinski definition) is 3. The Labute approximate surface area is 171 Å². The molecule has 0 spiro atoms. The highest BCUT2D eigenvalue weighted by Crippen LogP contribution is 2.31. The van der Waals surface area contributed by atoms with Crippen LogP contribution in [0.5, 0.6) is 0 Å². The highest BCUT2D eigenvalue weighted by atomic mass is 35.5. The first-order valence-corrected chi connectivity index (χ1v) is 10.3. The molecule has 2 aromatic rings. The van der Waals surface area contributed by atoms with Gasteiger partial charge in [0.15, 0.2) is 0 Å². The van der Waals surface area contributed by atoms with Gasteiger partial charge in [-0.1, -0.05) is 48.0 Å². The summed E-state index contributed by atoms with van der Waals surface area (Å²) in [4.78, 5) is 29.1. The Morgan fingerprint density at radius 3 is 2.43 bits per heavy atom. The van der Waals surface area contributed by atoms with Crippen molar-refractivity contribution in [1.29, 1.82) is 0 Å². The molecule has 0 aromatic heterocycles. The quantitative estimate of drug-likeness (QED) is 0.726. The van der Waals surface area contributed by atoms with Gasteiger partial charge in [-0.05, 0) is 68.5 Å². The van der Waals surface area contributed by atoms with Gasteiger partial charge in [0.25, 0.3) is 5.91 Å². The van der Waals surface area contributed by atoms with E-state index >= 15 is 0 Å². The predicted molar refractivity (Wildman–Crippen MR) is 112 cm³/mol. The predicted octanol–water partition coefficient (Wildman–Crippen LogP) is 4.24. The SMILES string of the molecule is Cc1ccc(N2C(=O)C[C@H](N3CCC(Cc4ccccc4)CC3)C2=O)cc1Cl. The van der Waals surface area contributed by atoms with Crippen molar-refractivity contribution >= 4 is 29.1 Å². The Morgan fingerprint density at radius 2 is 1.75 bits per heavy atom. The van der Waals surface area contributed by atoms with Gasteiger partial charge in [0, 0.05) is 5.02 Å². The lowest BCUT2D eigenvalue weighted by molar-refractivity contribution is -0.123. The summed E-state index contributed by atoms with van der Waals surface area (Å²) in [5, 5.41) is 0.572. The number of aryl methyl sites for hydroxylation is 1. The van der Waals surface area contributed by atoms with Crippen LogP contribution in [-0.4, -0.2) is 35.8 Å². The average molecular weight is 397 g/mol. The first-order chi connectivity index (χ1) is 13.5. The summed E-state index contributed by atoms with van der Waals surface area (Å²) >= 11 is 6.20. The summed E-state index contributed by atoms with van der Waals surface area (Å²) in [5.74, 6) is 0.380. The van der Waals surface area contributed by atoms with Gasteiger partial charge in [0.2, 0.25) is 5.91 Å². The van der Waals surface area contributed by atoms with E-state index in [1.165, 1.54) is 10.5 Å². The first kappa shape index (κ1) is 19.2. The molecule has 5 heteroatoms. The topological polar surface area (TPSA) is 40.6 Å². The third-order valence-electron chi connectivity index (χ3n) is 5.99. The smallest absolute Gasteiger partial charge is 0.251 e. The number of likely N-dealkylation sites (tertiary alicyclic amines) is 1. The minimum atomic E-state index is -0.342. The monoisotopic (exact) mass is 396 g/mol. The molecule has 2 heterocycles. The molecule has 0 unspecified atom stereocenters. The highest BCUT2D eigenvalue weighted by molar-refractivity contribution is 6.32. The summed E-state index contributed by atoms with van der Waals surface area (Å²) in [6.45, 7) is 3.63. The van der Waals surface area contributed by atoms with Crippen molar-refractivity contribution in [3.8, 4) is 0 Å². The van der Waals surface area contributed by atoms with Gasteiger partial charge < -0.3 is 0 Å². The molecule has 2 amide bonds. The minimum Gasteiger partial charge on any atom is -0.292 e. The standard InChI is InChI=1S/C23H25ClN2O2/c1-16-7-8-19(14-20(16)24)26-22(27)15-21(23(26)28)25-11-9-18(10-12-25)13-17-5-3-2-4-6-17/h2-8,14,18,21H,9-13,15H2,1H3/t21-/m0/s1. The summed E-state index contributed by atoms with van der Waals surface area (Å²) in [6.07, 6.45) is 3.46. The zero-order valence-corrected chi connectivity index (χ0v) is 16.9. The van der Waals surface area contributed by atoms with Crippen molar-refractivity contribution in [2.45, 2.75) is 38.6 Å². The molecule has 0 bridgehead atoms. The van der Waals surface area contributed by atoms with E-state index in [0.29, 0.717) is 16.6 Å². The Bertz CT molecular complexity index is 875. The lowest BCUT2D eigenvalue weighted by Gasteiger charge is -2.34. The van der Waals surface area contributed by atoms with E-state index in [2.05, 4.69) is 29.2 Å². The van der Waals surface area contributed by atoms with Crippen LogP contribution in [0, 0.1) is 12.8 Å². The van der Waals surface area contributed by atoms with Crippen molar-refractivity contribution in [3.05, 3.63) is 64.7 Å². The first-order valence-electron chi connectivity index (χ1n) is 9.94. The largest absolute Gasteiger partial charge is 0.292 e. The molecular weight excluding hydrogens is 372 g/mol. The minimum absolute atomic E-state index is 0.119. The van der Waals surface area contributed by atoms with Crippen molar-refractivity contribution in [3.63, 3.8) is 0 Å². The van der Waals surface area contributed by atoms with Gasteiger partial charge in [-0.3, -0.25) is 14.5 Å². The van der Waals surface area contributed by atoms with Crippen molar-refractivity contribution in [1.82, 2.24) is 4.90 Å². The number of halogens is 1. The van der Waals surface area contributed by atoms with Crippen molar-refractivity contribution in [2.75, 3.05) is 18.0 Å². The second-order valence-electron chi connectivity index (χ2n) is 7.89. The van der Waals surface area contributed by atoms with E-state index in [-0.39, 0.29) is 24.3 Å². The summed E-state index contributed by atoms with van der Waals surface area (Å²) < 4.78 is 0. The number of carbonyl (C=O) groups excluding carboxylic acids is 2. The van der Waals surface area contributed by atoms with E-state index in [0.717, 1.165) is 37.9 Å². The number of hydrogen-bond donors (Lipinski definition) is 0. The van der Waals surface area contributed by atoms with Gasteiger partial charge in [-0.2, -0.15) is 0 Å². The molecule has 2 saturated heterocycles. The van der Waals surface area contributed by atoms with Crippen LogP contribution in [0.15, 0.2) is 48.5 Å². The second-order valence-corrected chi connectivity index (χ2v) is 8.30. The van der Waals surface area contributed by atoms with Crippen LogP contribution < -0.4 is 4.90 Å². The number of piperidine rings is 1. The van der Waals surface area contributed by atoms with Gasteiger partial charge >= 0.3 is 0 Å². The van der Waals surface area contributed by atoms with Gasteiger partial charge in [0.05, 0.1) is 18.2 Å². The van der Waals surface area contributed by atoms with E-state index in [1.807, 2.05) is 19.1 Å².